The van der Waals surface area contributed by atoms with E-state index in [-0.39, 0.29) is 10.7 Å². The van der Waals surface area contributed by atoms with Crippen molar-refractivity contribution in [3.8, 4) is 0 Å². The lowest BCUT2D eigenvalue weighted by molar-refractivity contribution is -0.120. The van der Waals surface area contributed by atoms with E-state index in [4.69, 9.17) is 4.42 Å². The first kappa shape index (κ1) is 17.2. The number of carbonyl (C=O) groups is 2. The molecule has 1 heterocycles. The van der Waals surface area contributed by atoms with Gasteiger partial charge in [-0.2, -0.15) is 0 Å². The van der Waals surface area contributed by atoms with Crippen molar-refractivity contribution in [2.45, 2.75) is 4.90 Å². The fourth-order valence-corrected chi connectivity index (χ4v) is 3.52. The lowest BCUT2D eigenvalue weighted by Crippen LogP contribution is -2.46. The highest BCUT2D eigenvalue weighted by Gasteiger charge is 2.18. The maximum Gasteiger partial charge on any atom is 0.305 e. The van der Waals surface area contributed by atoms with Crippen LogP contribution >= 0.6 is 15.9 Å². The van der Waals surface area contributed by atoms with Crippen LogP contribution in [0.4, 0.5) is 0 Å². The van der Waals surface area contributed by atoms with Crippen LogP contribution < -0.4 is 15.6 Å². The SMILES string of the molecule is O=C(CNS(=O)(=O)c1ccccc1Br)NNC(=O)c1ccco1. The molecule has 10 heteroatoms. The van der Waals surface area contributed by atoms with Crippen molar-refractivity contribution in [1.82, 2.24) is 15.6 Å². The highest BCUT2D eigenvalue weighted by molar-refractivity contribution is 9.10. The number of hydrazine groups is 1. The summed E-state index contributed by atoms with van der Waals surface area (Å²) < 4.78 is 31.5. The zero-order valence-electron chi connectivity index (χ0n) is 11.6. The van der Waals surface area contributed by atoms with Gasteiger partial charge in [-0.1, -0.05) is 12.1 Å². The summed E-state index contributed by atoms with van der Waals surface area (Å²) >= 11 is 3.12. The molecular formula is C13H12BrN3O5S. The highest BCUT2D eigenvalue weighted by Crippen LogP contribution is 2.20. The Hall–Kier alpha value is -2.17. The molecule has 0 spiro atoms. The number of sulfonamides is 1. The fraction of sp³-hybridized carbons (Fsp3) is 0.0769. The number of benzene rings is 1. The smallest absolute Gasteiger partial charge is 0.305 e. The van der Waals surface area contributed by atoms with Gasteiger partial charge < -0.3 is 4.42 Å². The second-order valence-electron chi connectivity index (χ2n) is 4.23. The second kappa shape index (κ2) is 7.40. The second-order valence-corrected chi connectivity index (χ2v) is 6.82. The zero-order valence-corrected chi connectivity index (χ0v) is 14.0. The van der Waals surface area contributed by atoms with Crippen molar-refractivity contribution in [3.05, 3.63) is 52.9 Å². The van der Waals surface area contributed by atoms with E-state index in [0.717, 1.165) is 0 Å². The van der Waals surface area contributed by atoms with E-state index in [9.17, 15) is 18.0 Å². The Morgan fingerprint density at radius 1 is 1.09 bits per heavy atom. The number of hydrogen-bond donors (Lipinski definition) is 3. The largest absolute Gasteiger partial charge is 0.459 e. The first-order chi connectivity index (χ1) is 10.9. The van der Waals surface area contributed by atoms with Gasteiger partial charge in [-0.05, 0) is 40.2 Å². The highest BCUT2D eigenvalue weighted by atomic mass is 79.9. The molecule has 0 aliphatic carbocycles. The van der Waals surface area contributed by atoms with E-state index < -0.39 is 28.4 Å². The summed E-state index contributed by atoms with van der Waals surface area (Å²) in [7, 11) is -3.86. The van der Waals surface area contributed by atoms with Crippen LogP contribution in [-0.2, 0) is 14.8 Å². The zero-order chi connectivity index (χ0) is 16.9. The quantitative estimate of drug-likeness (QED) is 0.639. The Morgan fingerprint density at radius 2 is 1.83 bits per heavy atom. The summed E-state index contributed by atoms with van der Waals surface area (Å²) in [6.07, 6.45) is 1.31. The fourth-order valence-electron chi connectivity index (χ4n) is 1.54. The minimum Gasteiger partial charge on any atom is -0.459 e. The van der Waals surface area contributed by atoms with Crippen LogP contribution in [-0.4, -0.2) is 26.8 Å². The lowest BCUT2D eigenvalue weighted by Gasteiger charge is -2.09. The Morgan fingerprint density at radius 3 is 2.48 bits per heavy atom. The van der Waals surface area contributed by atoms with Crippen LogP contribution in [0.1, 0.15) is 10.6 Å². The Balaban J connectivity index is 1.87. The molecule has 0 saturated heterocycles. The van der Waals surface area contributed by atoms with Gasteiger partial charge in [0, 0.05) is 4.47 Å². The number of rotatable bonds is 5. The van der Waals surface area contributed by atoms with E-state index in [1.807, 2.05) is 0 Å². The maximum atomic E-state index is 12.1. The van der Waals surface area contributed by atoms with Crippen molar-refractivity contribution in [3.63, 3.8) is 0 Å². The first-order valence-electron chi connectivity index (χ1n) is 6.27. The van der Waals surface area contributed by atoms with Gasteiger partial charge in [-0.3, -0.25) is 20.4 Å². The van der Waals surface area contributed by atoms with E-state index in [2.05, 4.69) is 31.5 Å². The van der Waals surface area contributed by atoms with Crippen LogP contribution in [0, 0.1) is 0 Å². The molecule has 0 aliphatic heterocycles. The summed E-state index contributed by atoms with van der Waals surface area (Å²) in [5.74, 6) is -1.38. The molecule has 122 valence electrons. The van der Waals surface area contributed by atoms with Gasteiger partial charge in [0.1, 0.15) is 0 Å². The molecule has 0 bridgehead atoms. The average Bonchev–Trinajstić information content (AvgIpc) is 3.05. The molecule has 0 radical (unpaired) electrons. The number of halogens is 1. The molecular weight excluding hydrogens is 390 g/mol. The number of hydrogen-bond acceptors (Lipinski definition) is 5. The van der Waals surface area contributed by atoms with Crippen molar-refractivity contribution in [2.75, 3.05) is 6.54 Å². The van der Waals surface area contributed by atoms with Crippen molar-refractivity contribution in [2.24, 2.45) is 0 Å². The molecule has 2 amide bonds. The molecule has 2 rings (SSSR count). The maximum absolute atomic E-state index is 12.1. The van der Waals surface area contributed by atoms with Crippen LogP contribution in [0.25, 0.3) is 0 Å². The Bertz CT molecular complexity index is 805. The van der Waals surface area contributed by atoms with Crippen LogP contribution in [0.3, 0.4) is 0 Å². The monoisotopic (exact) mass is 401 g/mol. The van der Waals surface area contributed by atoms with Crippen LogP contribution in [0.5, 0.6) is 0 Å². The summed E-state index contributed by atoms with van der Waals surface area (Å²) in [4.78, 5) is 23.1. The minimum absolute atomic E-state index is 0.00687. The van der Waals surface area contributed by atoms with Crippen molar-refractivity contribution < 1.29 is 22.4 Å². The van der Waals surface area contributed by atoms with Gasteiger partial charge in [0.2, 0.25) is 10.0 Å². The first-order valence-corrected chi connectivity index (χ1v) is 8.54. The number of nitrogens with one attached hydrogen (secondary N) is 3. The van der Waals surface area contributed by atoms with E-state index >= 15 is 0 Å². The third-order valence-electron chi connectivity index (χ3n) is 2.61. The van der Waals surface area contributed by atoms with E-state index in [1.54, 1.807) is 18.2 Å². The molecule has 0 fully saturated rings. The van der Waals surface area contributed by atoms with Gasteiger partial charge in [0.05, 0.1) is 17.7 Å². The van der Waals surface area contributed by atoms with E-state index in [1.165, 1.54) is 24.5 Å². The molecule has 0 saturated carbocycles. The Labute approximate surface area is 140 Å². The minimum atomic E-state index is -3.86. The molecule has 8 nitrogen and oxygen atoms in total. The summed E-state index contributed by atoms with van der Waals surface area (Å²) in [5.41, 5.74) is 4.17. The Kier molecular flexibility index (Phi) is 5.53. The molecule has 1 aromatic heterocycles. The summed E-state index contributed by atoms with van der Waals surface area (Å²) in [6, 6.07) is 9.11. The molecule has 0 unspecified atom stereocenters. The third-order valence-corrected chi connectivity index (χ3v) is 5.02. The molecule has 0 atom stereocenters. The number of furan rings is 1. The predicted molar refractivity (Wildman–Crippen MR) is 83.6 cm³/mol. The predicted octanol–water partition coefficient (Wildman–Crippen LogP) is 0.782. The summed E-state index contributed by atoms with van der Waals surface area (Å²) in [5, 5.41) is 0. The molecule has 0 aliphatic rings. The van der Waals surface area contributed by atoms with Gasteiger partial charge in [0.15, 0.2) is 5.76 Å². The molecule has 3 N–H and O–H groups in total. The number of carbonyl (C=O) groups excluding carboxylic acids is 2. The van der Waals surface area contributed by atoms with Crippen molar-refractivity contribution in [1.29, 1.82) is 0 Å². The standard InChI is InChI=1S/C13H12BrN3O5S/c14-9-4-1-2-6-11(9)23(20,21)15-8-12(18)16-17-13(19)10-5-3-7-22-10/h1-7,15H,8H2,(H,16,18)(H,17,19). The average molecular weight is 402 g/mol. The number of amides is 2. The van der Waals surface area contributed by atoms with Crippen LogP contribution in [0.2, 0.25) is 0 Å². The normalized spacial score (nSPS) is 11.0. The third kappa shape index (κ3) is 4.65. The van der Waals surface area contributed by atoms with Gasteiger partial charge in [-0.25, -0.2) is 13.1 Å². The van der Waals surface area contributed by atoms with Crippen LogP contribution in [0.15, 0.2) is 56.4 Å². The van der Waals surface area contributed by atoms with Gasteiger partial charge in [-0.15, -0.1) is 0 Å². The van der Waals surface area contributed by atoms with Gasteiger partial charge in [0.25, 0.3) is 5.91 Å². The molecule has 1 aromatic carbocycles. The molecule has 23 heavy (non-hydrogen) atoms. The summed E-state index contributed by atoms with van der Waals surface area (Å²) in [6.45, 7) is -0.540. The van der Waals surface area contributed by atoms with E-state index in [0.29, 0.717) is 4.47 Å². The topological polar surface area (TPSA) is 118 Å². The lowest BCUT2D eigenvalue weighted by atomic mass is 10.4. The molecule has 2 aromatic rings. The van der Waals surface area contributed by atoms with Crippen molar-refractivity contribution >= 4 is 37.8 Å². The van der Waals surface area contributed by atoms with Gasteiger partial charge >= 0.3 is 5.91 Å².